The van der Waals surface area contributed by atoms with Crippen LogP contribution in [-0.2, 0) is 10.0 Å². The summed E-state index contributed by atoms with van der Waals surface area (Å²) >= 11 is 6.17. The molecule has 2 rings (SSSR count). The van der Waals surface area contributed by atoms with Crippen LogP contribution in [0, 0.1) is 0 Å². The van der Waals surface area contributed by atoms with Crippen LogP contribution in [0.5, 0.6) is 11.5 Å². The van der Waals surface area contributed by atoms with Crippen LogP contribution < -0.4 is 20.0 Å². The largest absolute Gasteiger partial charge is 0.491 e. The van der Waals surface area contributed by atoms with E-state index >= 15 is 0 Å². The molecular formula is C16H18ClN3O4S. The van der Waals surface area contributed by atoms with Crippen LogP contribution in [0.2, 0.25) is 5.02 Å². The van der Waals surface area contributed by atoms with E-state index in [2.05, 4.69) is 10.5 Å². The van der Waals surface area contributed by atoms with Crippen LogP contribution >= 0.6 is 11.6 Å². The number of hydrogen-bond acceptors (Lipinski definition) is 6. The van der Waals surface area contributed by atoms with Crippen molar-refractivity contribution in [2.75, 3.05) is 19.1 Å². The number of anilines is 1. The Hall–Kier alpha value is -2.29. The van der Waals surface area contributed by atoms with Crippen molar-refractivity contribution in [3.05, 3.63) is 47.0 Å². The second-order valence-electron chi connectivity index (χ2n) is 4.91. The normalized spacial score (nSPS) is 11.5. The number of nitrogens with two attached hydrogens (primary N) is 1. The number of nitrogens with one attached hydrogen (secondary N) is 1. The summed E-state index contributed by atoms with van der Waals surface area (Å²) < 4.78 is 33.1. The number of ether oxygens (including phenoxy) is 2. The van der Waals surface area contributed by atoms with Gasteiger partial charge in [-0.25, -0.2) is 13.6 Å². The maximum atomic E-state index is 11.2. The van der Waals surface area contributed by atoms with E-state index in [1.165, 1.54) is 19.2 Å². The molecule has 2 aromatic rings. The molecule has 2 aromatic carbocycles. The molecule has 9 heteroatoms. The lowest BCUT2D eigenvalue weighted by molar-refractivity contribution is 0.311. The number of rotatable bonds is 7. The minimum absolute atomic E-state index is 0.0327. The van der Waals surface area contributed by atoms with Crippen LogP contribution in [0.1, 0.15) is 12.5 Å². The number of methoxy groups -OCH3 is 1. The third-order valence-corrected chi connectivity index (χ3v) is 4.34. The second kappa shape index (κ2) is 8.19. The van der Waals surface area contributed by atoms with Crippen LogP contribution in [0.15, 0.2) is 46.4 Å². The summed E-state index contributed by atoms with van der Waals surface area (Å²) in [5, 5.41) is 9.55. The van der Waals surface area contributed by atoms with E-state index in [4.69, 9.17) is 26.2 Å². The van der Waals surface area contributed by atoms with Crippen LogP contribution in [0.25, 0.3) is 0 Å². The fraction of sp³-hybridized carbons (Fsp3) is 0.188. The van der Waals surface area contributed by atoms with Crippen molar-refractivity contribution >= 4 is 33.5 Å². The van der Waals surface area contributed by atoms with Crippen LogP contribution in [-0.4, -0.2) is 28.3 Å². The van der Waals surface area contributed by atoms with Crippen molar-refractivity contribution in [2.24, 2.45) is 10.2 Å². The predicted octanol–water partition coefficient (Wildman–Crippen LogP) is 2.84. The highest BCUT2D eigenvalue weighted by molar-refractivity contribution is 7.89. The molecule has 0 aromatic heterocycles. The van der Waals surface area contributed by atoms with Gasteiger partial charge in [-0.05, 0) is 48.9 Å². The predicted molar refractivity (Wildman–Crippen MR) is 98.2 cm³/mol. The Bertz CT molecular complexity index is 868. The summed E-state index contributed by atoms with van der Waals surface area (Å²) in [5.41, 5.74) is 4.11. The van der Waals surface area contributed by atoms with E-state index in [1.807, 2.05) is 6.92 Å². The lowest BCUT2D eigenvalue weighted by Crippen LogP contribution is -2.11. The molecule has 0 heterocycles. The maximum absolute atomic E-state index is 11.2. The first-order valence-electron chi connectivity index (χ1n) is 7.27. The number of sulfonamides is 1. The summed E-state index contributed by atoms with van der Waals surface area (Å²) in [4.78, 5) is 0.0327. The lowest BCUT2D eigenvalue weighted by Gasteiger charge is -2.11. The van der Waals surface area contributed by atoms with Crippen molar-refractivity contribution in [1.29, 1.82) is 0 Å². The van der Waals surface area contributed by atoms with E-state index in [0.29, 0.717) is 34.4 Å². The van der Waals surface area contributed by atoms with Crippen molar-refractivity contribution in [2.45, 2.75) is 11.8 Å². The zero-order valence-corrected chi connectivity index (χ0v) is 15.3. The van der Waals surface area contributed by atoms with E-state index < -0.39 is 10.0 Å². The molecule has 0 bridgehead atoms. The van der Waals surface area contributed by atoms with Gasteiger partial charge in [0.25, 0.3) is 0 Å². The average molecular weight is 384 g/mol. The topological polar surface area (TPSA) is 103 Å². The van der Waals surface area contributed by atoms with Gasteiger partial charge in [-0.3, -0.25) is 5.43 Å². The number of halogens is 1. The first-order valence-corrected chi connectivity index (χ1v) is 9.20. The van der Waals surface area contributed by atoms with E-state index in [0.717, 1.165) is 0 Å². The SMILES string of the molecule is CCOc1cc(/C=N/Nc2ccc(S(N)(=O)=O)cc2)cc(Cl)c1OC. The van der Waals surface area contributed by atoms with Gasteiger partial charge in [-0.1, -0.05) is 11.6 Å². The van der Waals surface area contributed by atoms with Gasteiger partial charge >= 0.3 is 0 Å². The Morgan fingerprint density at radius 1 is 1.28 bits per heavy atom. The first kappa shape index (κ1) is 19.0. The molecule has 0 aliphatic rings. The number of benzene rings is 2. The Kier molecular flexibility index (Phi) is 6.24. The number of hydrogen-bond donors (Lipinski definition) is 2. The molecule has 0 amide bonds. The fourth-order valence-corrected chi connectivity index (χ4v) is 2.84. The minimum Gasteiger partial charge on any atom is -0.491 e. The third kappa shape index (κ3) is 5.09. The Balaban J connectivity index is 2.14. The Morgan fingerprint density at radius 3 is 2.52 bits per heavy atom. The van der Waals surface area contributed by atoms with E-state index in [1.54, 1.807) is 30.5 Å². The van der Waals surface area contributed by atoms with Gasteiger partial charge in [0.05, 0.1) is 35.5 Å². The van der Waals surface area contributed by atoms with Gasteiger partial charge in [-0.2, -0.15) is 5.10 Å². The van der Waals surface area contributed by atoms with Crippen molar-refractivity contribution in [3.63, 3.8) is 0 Å². The molecule has 0 aliphatic carbocycles. The van der Waals surface area contributed by atoms with E-state index in [-0.39, 0.29) is 4.90 Å². The number of primary sulfonamides is 1. The quantitative estimate of drug-likeness (QED) is 0.565. The molecule has 0 fully saturated rings. The van der Waals surface area contributed by atoms with Crippen molar-refractivity contribution in [1.82, 2.24) is 0 Å². The van der Waals surface area contributed by atoms with E-state index in [9.17, 15) is 8.42 Å². The van der Waals surface area contributed by atoms with Crippen LogP contribution in [0.3, 0.4) is 0 Å². The summed E-state index contributed by atoms with van der Waals surface area (Å²) in [6.07, 6.45) is 1.56. The molecule has 7 nitrogen and oxygen atoms in total. The molecule has 0 spiro atoms. The molecular weight excluding hydrogens is 366 g/mol. The third-order valence-electron chi connectivity index (χ3n) is 3.13. The molecule has 0 unspecified atom stereocenters. The Morgan fingerprint density at radius 2 is 1.96 bits per heavy atom. The van der Waals surface area contributed by atoms with Crippen molar-refractivity contribution < 1.29 is 17.9 Å². The van der Waals surface area contributed by atoms with Crippen LogP contribution in [0.4, 0.5) is 5.69 Å². The zero-order valence-electron chi connectivity index (χ0n) is 13.7. The van der Waals surface area contributed by atoms with Gasteiger partial charge in [0.1, 0.15) is 0 Å². The Labute approximate surface area is 151 Å². The van der Waals surface area contributed by atoms with Gasteiger partial charge in [0.2, 0.25) is 10.0 Å². The summed E-state index contributed by atoms with van der Waals surface area (Å²) in [6, 6.07) is 9.35. The average Bonchev–Trinajstić information content (AvgIpc) is 2.55. The molecule has 0 saturated heterocycles. The molecule has 0 aliphatic heterocycles. The highest BCUT2D eigenvalue weighted by atomic mass is 35.5. The molecule has 134 valence electrons. The zero-order chi connectivity index (χ0) is 18.4. The van der Waals surface area contributed by atoms with Crippen molar-refractivity contribution in [3.8, 4) is 11.5 Å². The maximum Gasteiger partial charge on any atom is 0.238 e. The van der Waals surface area contributed by atoms with Gasteiger partial charge in [0, 0.05) is 0 Å². The summed E-state index contributed by atoms with van der Waals surface area (Å²) in [5.74, 6) is 0.990. The molecule has 0 radical (unpaired) electrons. The second-order valence-corrected chi connectivity index (χ2v) is 6.88. The molecule has 0 saturated carbocycles. The highest BCUT2D eigenvalue weighted by Gasteiger charge is 2.10. The monoisotopic (exact) mass is 383 g/mol. The van der Waals surface area contributed by atoms with Gasteiger partial charge in [0.15, 0.2) is 11.5 Å². The van der Waals surface area contributed by atoms with Gasteiger partial charge < -0.3 is 9.47 Å². The minimum atomic E-state index is -3.71. The summed E-state index contributed by atoms with van der Waals surface area (Å²) in [7, 11) is -2.19. The fourth-order valence-electron chi connectivity index (χ4n) is 2.02. The highest BCUT2D eigenvalue weighted by Crippen LogP contribution is 2.35. The first-order chi connectivity index (χ1) is 11.8. The number of hydrazone groups is 1. The molecule has 3 N–H and O–H groups in total. The molecule has 0 atom stereocenters. The molecule has 25 heavy (non-hydrogen) atoms. The smallest absolute Gasteiger partial charge is 0.238 e. The lowest BCUT2D eigenvalue weighted by atomic mass is 10.2. The summed E-state index contributed by atoms with van der Waals surface area (Å²) in [6.45, 7) is 2.34. The number of nitrogens with zero attached hydrogens (tertiary/aromatic N) is 1. The van der Waals surface area contributed by atoms with Gasteiger partial charge in [-0.15, -0.1) is 0 Å². The standard InChI is InChI=1S/C16H18ClN3O4S/c1-3-24-15-9-11(8-14(17)16(15)23-2)10-19-20-12-4-6-13(7-5-12)25(18,21)22/h4-10,20H,3H2,1-2H3,(H2,18,21,22)/b19-10+.